The van der Waals surface area contributed by atoms with E-state index < -0.39 is 0 Å². The fraction of sp³-hybridized carbons (Fsp3) is 1.00. The third-order valence-electron chi connectivity index (χ3n) is 2.74. The van der Waals surface area contributed by atoms with Gasteiger partial charge in [-0.05, 0) is 25.8 Å². The summed E-state index contributed by atoms with van der Waals surface area (Å²) < 4.78 is 5.53. The smallest absolute Gasteiger partial charge is 0.0593 e. The number of unbranched alkanes of at least 4 members (excludes halogenated alkanes) is 1. The van der Waals surface area contributed by atoms with Gasteiger partial charge in [-0.3, -0.25) is 4.90 Å². The second-order valence-electron chi connectivity index (χ2n) is 4.17. The first-order valence-corrected chi connectivity index (χ1v) is 5.88. The highest BCUT2D eigenvalue weighted by Gasteiger charge is 2.15. The van der Waals surface area contributed by atoms with Crippen molar-refractivity contribution < 1.29 is 4.74 Å². The number of likely N-dealkylation sites (tertiary alicyclic amines) is 1. The second-order valence-corrected chi connectivity index (χ2v) is 4.17. The lowest BCUT2D eigenvalue weighted by molar-refractivity contribution is 0.0913. The van der Waals surface area contributed by atoms with Crippen molar-refractivity contribution in [1.82, 2.24) is 4.90 Å². The normalized spacial score (nSPS) is 24.0. The summed E-state index contributed by atoms with van der Waals surface area (Å²) in [6.07, 6.45) is 4.83. The minimum atomic E-state index is 0.388. The molecule has 0 unspecified atom stereocenters. The van der Waals surface area contributed by atoms with E-state index >= 15 is 0 Å². The molecular formula is C11H24N2O. The Bertz CT molecular complexity index is 141. The van der Waals surface area contributed by atoms with E-state index in [9.17, 15) is 0 Å². The Hall–Kier alpha value is -0.120. The summed E-state index contributed by atoms with van der Waals surface area (Å²) in [5, 5.41) is 0. The minimum Gasteiger partial charge on any atom is -0.380 e. The molecule has 0 spiro atoms. The topological polar surface area (TPSA) is 38.5 Å². The van der Waals surface area contributed by atoms with Crippen LogP contribution in [-0.4, -0.2) is 43.8 Å². The zero-order valence-corrected chi connectivity index (χ0v) is 9.37. The minimum absolute atomic E-state index is 0.388. The number of hydrogen-bond acceptors (Lipinski definition) is 3. The molecule has 0 amide bonds. The second kappa shape index (κ2) is 7.21. The van der Waals surface area contributed by atoms with Gasteiger partial charge in [0.15, 0.2) is 0 Å². The summed E-state index contributed by atoms with van der Waals surface area (Å²) in [6, 6.07) is 0.388. The lowest BCUT2D eigenvalue weighted by atomic mass is 10.1. The zero-order chi connectivity index (χ0) is 10.2. The predicted molar refractivity (Wildman–Crippen MR) is 59.4 cm³/mol. The molecule has 2 N–H and O–H groups in total. The number of piperidine rings is 1. The van der Waals surface area contributed by atoms with E-state index in [1.165, 1.54) is 32.2 Å². The molecule has 1 rings (SSSR count). The average Bonchev–Trinajstić information content (AvgIpc) is 2.18. The van der Waals surface area contributed by atoms with Gasteiger partial charge < -0.3 is 10.5 Å². The van der Waals surface area contributed by atoms with Crippen LogP contribution in [0.1, 0.15) is 32.6 Å². The SMILES string of the molecule is CCCCOCCN1CCC[C@@H](N)C1. The van der Waals surface area contributed by atoms with Gasteiger partial charge in [0.25, 0.3) is 0 Å². The van der Waals surface area contributed by atoms with Crippen molar-refractivity contribution in [3.63, 3.8) is 0 Å². The first kappa shape index (κ1) is 12.0. The van der Waals surface area contributed by atoms with Crippen LogP contribution in [-0.2, 0) is 4.74 Å². The van der Waals surface area contributed by atoms with E-state index in [-0.39, 0.29) is 0 Å². The van der Waals surface area contributed by atoms with Gasteiger partial charge in [-0.15, -0.1) is 0 Å². The Morgan fingerprint density at radius 3 is 3.00 bits per heavy atom. The quantitative estimate of drug-likeness (QED) is 0.655. The maximum atomic E-state index is 5.89. The molecule has 1 atom stereocenters. The van der Waals surface area contributed by atoms with Gasteiger partial charge in [0.2, 0.25) is 0 Å². The Kier molecular flexibility index (Phi) is 6.15. The molecule has 3 heteroatoms. The van der Waals surface area contributed by atoms with Gasteiger partial charge in [0, 0.05) is 25.7 Å². The van der Waals surface area contributed by atoms with E-state index in [1.54, 1.807) is 0 Å². The van der Waals surface area contributed by atoms with Gasteiger partial charge in [0.1, 0.15) is 0 Å². The third kappa shape index (κ3) is 4.94. The number of nitrogens with two attached hydrogens (primary N) is 1. The van der Waals surface area contributed by atoms with Crippen LogP contribution in [0.3, 0.4) is 0 Å². The maximum absolute atomic E-state index is 5.89. The van der Waals surface area contributed by atoms with Gasteiger partial charge in [0.05, 0.1) is 6.61 Å². The summed E-state index contributed by atoms with van der Waals surface area (Å²) in [4.78, 5) is 2.42. The number of hydrogen-bond donors (Lipinski definition) is 1. The van der Waals surface area contributed by atoms with Gasteiger partial charge >= 0.3 is 0 Å². The lowest BCUT2D eigenvalue weighted by Crippen LogP contribution is -2.44. The number of rotatable bonds is 6. The zero-order valence-electron chi connectivity index (χ0n) is 9.37. The van der Waals surface area contributed by atoms with Crippen molar-refractivity contribution in [2.45, 2.75) is 38.6 Å². The van der Waals surface area contributed by atoms with Crippen molar-refractivity contribution in [2.24, 2.45) is 5.73 Å². The van der Waals surface area contributed by atoms with Gasteiger partial charge in [-0.2, -0.15) is 0 Å². The molecule has 1 aliphatic heterocycles. The molecule has 0 aromatic heterocycles. The third-order valence-corrected chi connectivity index (χ3v) is 2.74. The van der Waals surface area contributed by atoms with E-state index in [1.807, 2.05) is 0 Å². The standard InChI is InChI=1S/C11H24N2O/c1-2-3-8-14-9-7-13-6-4-5-11(12)10-13/h11H,2-10,12H2,1H3/t11-/m1/s1. The summed E-state index contributed by atoms with van der Waals surface area (Å²) in [5.74, 6) is 0. The van der Waals surface area contributed by atoms with Crippen LogP contribution in [0.15, 0.2) is 0 Å². The average molecular weight is 200 g/mol. The molecule has 0 saturated carbocycles. The number of nitrogens with zero attached hydrogens (tertiary/aromatic N) is 1. The molecule has 1 fully saturated rings. The van der Waals surface area contributed by atoms with Crippen LogP contribution < -0.4 is 5.73 Å². The monoisotopic (exact) mass is 200 g/mol. The van der Waals surface area contributed by atoms with Crippen molar-refractivity contribution >= 4 is 0 Å². The first-order valence-electron chi connectivity index (χ1n) is 5.88. The molecule has 0 aromatic rings. The van der Waals surface area contributed by atoms with E-state index in [2.05, 4.69) is 11.8 Å². The highest BCUT2D eigenvalue weighted by molar-refractivity contribution is 4.74. The van der Waals surface area contributed by atoms with Crippen LogP contribution in [0, 0.1) is 0 Å². The van der Waals surface area contributed by atoms with E-state index in [0.717, 1.165) is 26.3 Å². The number of ether oxygens (including phenoxy) is 1. The first-order chi connectivity index (χ1) is 6.83. The Balaban J connectivity index is 1.95. The summed E-state index contributed by atoms with van der Waals surface area (Å²) in [6.45, 7) is 7.27. The van der Waals surface area contributed by atoms with Crippen LogP contribution in [0.25, 0.3) is 0 Å². The molecular weight excluding hydrogens is 176 g/mol. The highest BCUT2D eigenvalue weighted by Crippen LogP contribution is 2.07. The molecule has 1 aliphatic rings. The van der Waals surface area contributed by atoms with Crippen molar-refractivity contribution in [3.8, 4) is 0 Å². The molecule has 0 bridgehead atoms. The van der Waals surface area contributed by atoms with Crippen LogP contribution >= 0.6 is 0 Å². The molecule has 3 nitrogen and oxygen atoms in total. The van der Waals surface area contributed by atoms with E-state index in [4.69, 9.17) is 10.5 Å². The Labute approximate surface area is 87.6 Å². The van der Waals surface area contributed by atoms with Gasteiger partial charge in [-0.25, -0.2) is 0 Å². The van der Waals surface area contributed by atoms with Crippen molar-refractivity contribution in [2.75, 3.05) is 32.8 Å². The summed E-state index contributed by atoms with van der Waals surface area (Å²) in [5.41, 5.74) is 5.89. The van der Waals surface area contributed by atoms with Crippen molar-refractivity contribution in [1.29, 1.82) is 0 Å². The highest BCUT2D eigenvalue weighted by atomic mass is 16.5. The summed E-state index contributed by atoms with van der Waals surface area (Å²) >= 11 is 0. The van der Waals surface area contributed by atoms with Crippen molar-refractivity contribution in [3.05, 3.63) is 0 Å². The van der Waals surface area contributed by atoms with E-state index in [0.29, 0.717) is 6.04 Å². The predicted octanol–water partition coefficient (Wildman–Crippen LogP) is 1.23. The molecule has 0 radical (unpaired) electrons. The van der Waals surface area contributed by atoms with Crippen LogP contribution in [0.5, 0.6) is 0 Å². The maximum Gasteiger partial charge on any atom is 0.0593 e. The molecule has 1 saturated heterocycles. The Morgan fingerprint density at radius 1 is 1.43 bits per heavy atom. The molecule has 0 aliphatic carbocycles. The van der Waals surface area contributed by atoms with Crippen LogP contribution in [0.4, 0.5) is 0 Å². The molecule has 0 aromatic carbocycles. The molecule has 84 valence electrons. The summed E-state index contributed by atoms with van der Waals surface area (Å²) in [7, 11) is 0. The fourth-order valence-electron chi connectivity index (χ4n) is 1.84. The Morgan fingerprint density at radius 2 is 2.29 bits per heavy atom. The lowest BCUT2D eigenvalue weighted by Gasteiger charge is -2.30. The largest absolute Gasteiger partial charge is 0.380 e. The molecule has 14 heavy (non-hydrogen) atoms. The molecule has 1 heterocycles. The fourth-order valence-corrected chi connectivity index (χ4v) is 1.84. The van der Waals surface area contributed by atoms with Gasteiger partial charge in [-0.1, -0.05) is 13.3 Å². The van der Waals surface area contributed by atoms with Crippen LogP contribution in [0.2, 0.25) is 0 Å².